The number of carbonyl (C=O) groups excluding carboxylic acids is 1. The molecule has 0 aliphatic carbocycles. The predicted molar refractivity (Wildman–Crippen MR) is 82.2 cm³/mol. The van der Waals surface area contributed by atoms with Gasteiger partial charge >= 0.3 is 0 Å². The number of nitrogens with zero attached hydrogens (tertiary/aromatic N) is 2. The van der Waals surface area contributed by atoms with Crippen LogP contribution in [-0.4, -0.2) is 48.9 Å². The van der Waals surface area contributed by atoms with E-state index >= 15 is 0 Å². The number of amides is 1. The van der Waals surface area contributed by atoms with Crippen molar-refractivity contribution in [3.8, 4) is 0 Å². The molecule has 1 heterocycles. The van der Waals surface area contributed by atoms with Crippen molar-refractivity contribution in [1.29, 1.82) is 0 Å². The van der Waals surface area contributed by atoms with Crippen molar-refractivity contribution in [2.45, 2.75) is 12.5 Å². The molecular formula is C13H16ClIN2O. The molecule has 1 aliphatic rings. The molecule has 98 valence electrons. The van der Waals surface area contributed by atoms with Crippen LogP contribution in [0.1, 0.15) is 16.8 Å². The van der Waals surface area contributed by atoms with Crippen molar-refractivity contribution >= 4 is 40.1 Å². The van der Waals surface area contributed by atoms with E-state index in [0.717, 1.165) is 23.1 Å². The molecule has 5 heteroatoms. The summed E-state index contributed by atoms with van der Waals surface area (Å²) in [6, 6.07) is 5.96. The first-order valence-electron chi connectivity index (χ1n) is 5.90. The van der Waals surface area contributed by atoms with Gasteiger partial charge in [0.25, 0.3) is 5.91 Å². The van der Waals surface area contributed by atoms with Gasteiger partial charge in [-0.05, 0) is 61.3 Å². The number of hydrogen-bond acceptors (Lipinski definition) is 2. The molecular weight excluding hydrogens is 363 g/mol. The number of benzene rings is 1. The van der Waals surface area contributed by atoms with E-state index in [-0.39, 0.29) is 5.91 Å². The van der Waals surface area contributed by atoms with Gasteiger partial charge in [0.15, 0.2) is 0 Å². The number of likely N-dealkylation sites (N-methyl/N-ethyl adjacent to an activating group) is 1. The lowest BCUT2D eigenvalue weighted by molar-refractivity contribution is 0.0783. The van der Waals surface area contributed by atoms with Gasteiger partial charge in [-0.3, -0.25) is 4.79 Å². The van der Waals surface area contributed by atoms with Crippen molar-refractivity contribution in [3.05, 3.63) is 32.4 Å². The Kier molecular flexibility index (Phi) is 4.50. The molecule has 1 unspecified atom stereocenters. The van der Waals surface area contributed by atoms with Crippen LogP contribution >= 0.6 is 34.2 Å². The first-order valence-corrected chi connectivity index (χ1v) is 7.35. The molecule has 1 aliphatic heterocycles. The van der Waals surface area contributed by atoms with E-state index in [1.165, 1.54) is 0 Å². The van der Waals surface area contributed by atoms with E-state index in [1.807, 2.05) is 17.0 Å². The largest absolute Gasteiger partial charge is 0.337 e. The lowest BCUT2D eigenvalue weighted by Crippen LogP contribution is -2.34. The first kappa shape index (κ1) is 14.1. The third-order valence-corrected chi connectivity index (χ3v) is 4.92. The Hall–Kier alpha value is -0.330. The average molecular weight is 379 g/mol. The first-order chi connectivity index (χ1) is 8.49. The fourth-order valence-electron chi connectivity index (χ4n) is 2.16. The molecule has 0 aromatic heterocycles. The number of hydrogen-bond donors (Lipinski definition) is 0. The second-order valence-corrected chi connectivity index (χ2v) is 6.36. The molecule has 1 aromatic rings. The third kappa shape index (κ3) is 2.97. The summed E-state index contributed by atoms with van der Waals surface area (Å²) in [5, 5.41) is 0.643. The highest BCUT2D eigenvalue weighted by molar-refractivity contribution is 14.1. The van der Waals surface area contributed by atoms with Crippen LogP contribution in [0.15, 0.2) is 18.2 Å². The van der Waals surface area contributed by atoms with Crippen LogP contribution in [0.3, 0.4) is 0 Å². The summed E-state index contributed by atoms with van der Waals surface area (Å²) in [6.45, 7) is 1.63. The molecule has 1 atom stereocenters. The van der Waals surface area contributed by atoms with Crippen LogP contribution in [0, 0.1) is 3.57 Å². The molecule has 1 saturated heterocycles. The van der Waals surface area contributed by atoms with Crippen molar-refractivity contribution in [2.75, 3.05) is 27.2 Å². The maximum atomic E-state index is 12.3. The molecule has 0 saturated carbocycles. The van der Waals surface area contributed by atoms with Crippen LogP contribution < -0.4 is 0 Å². The van der Waals surface area contributed by atoms with Gasteiger partial charge in [0.2, 0.25) is 0 Å². The van der Waals surface area contributed by atoms with E-state index in [9.17, 15) is 4.79 Å². The molecule has 3 nitrogen and oxygen atoms in total. The number of rotatable bonds is 2. The second kappa shape index (κ2) is 5.75. The Morgan fingerprint density at radius 1 is 1.50 bits per heavy atom. The fraction of sp³-hybridized carbons (Fsp3) is 0.462. The Morgan fingerprint density at radius 3 is 2.78 bits per heavy atom. The Balaban J connectivity index is 2.10. The van der Waals surface area contributed by atoms with Crippen LogP contribution in [0.5, 0.6) is 0 Å². The highest BCUT2D eigenvalue weighted by Gasteiger charge is 2.28. The van der Waals surface area contributed by atoms with Gasteiger partial charge in [0, 0.05) is 28.3 Å². The van der Waals surface area contributed by atoms with E-state index in [2.05, 4.69) is 41.6 Å². The van der Waals surface area contributed by atoms with Crippen molar-refractivity contribution in [1.82, 2.24) is 9.80 Å². The maximum absolute atomic E-state index is 12.3. The molecule has 1 fully saturated rings. The highest BCUT2D eigenvalue weighted by atomic mass is 127. The summed E-state index contributed by atoms with van der Waals surface area (Å²) in [7, 11) is 4.11. The SMILES string of the molecule is CN(C)C1CCN(C(=O)c2ccc(I)c(Cl)c2)C1. The molecule has 18 heavy (non-hydrogen) atoms. The minimum absolute atomic E-state index is 0.0812. The molecule has 0 bridgehead atoms. The minimum atomic E-state index is 0.0812. The zero-order valence-electron chi connectivity index (χ0n) is 10.5. The van der Waals surface area contributed by atoms with Crippen LogP contribution in [0.25, 0.3) is 0 Å². The predicted octanol–water partition coefficient (Wildman–Crippen LogP) is 2.72. The van der Waals surface area contributed by atoms with Crippen molar-refractivity contribution in [3.63, 3.8) is 0 Å². The molecule has 0 radical (unpaired) electrons. The smallest absolute Gasteiger partial charge is 0.253 e. The summed E-state index contributed by atoms with van der Waals surface area (Å²) in [6.07, 6.45) is 1.04. The van der Waals surface area contributed by atoms with Crippen molar-refractivity contribution in [2.24, 2.45) is 0 Å². The maximum Gasteiger partial charge on any atom is 0.253 e. The number of likely N-dealkylation sites (tertiary alicyclic amines) is 1. The zero-order valence-corrected chi connectivity index (χ0v) is 13.4. The number of halogens is 2. The Labute approximate surface area is 126 Å². The van der Waals surface area contributed by atoms with Crippen LogP contribution in [0.4, 0.5) is 0 Å². The van der Waals surface area contributed by atoms with Gasteiger partial charge in [0.05, 0.1) is 5.02 Å². The summed E-state index contributed by atoms with van der Waals surface area (Å²) in [5.74, 6) is 0.0812. The molecule has 0 spiro atoms. The fourth-order valence-corrected chi connectivity index (χ4v) is 2.68. The summed E-state index contributed by atoms with van der Waals surface area (Å²) in [4.78, 5) is 16.4. The monoisotopic (exact) mass is 378 g/mol. The van der Waals surface area contributed by atoms with Crippen molar-refractivity contribution < 1.29 is 4.79 Å². The molecule has 0 N–H and O–H groups in total. The normalized spacial score (nSPS) is 19.6. The summed E-state index contributed by atoms with van der Waals surface area (Å²) >= 11 is 8.22. The van der Waals surface area contributed by atoms with Crippen LogP contribution in [-0.2, 0) is 0 Å². The number of carbonyl (C=O) groups is 1. The quantitative estimate of drug-likeness (QED) is 0.739. The second-order valence-electron chi connectivity index (χ2n) is 4.79. The van der Waals surface area contributed by atoms with Gasteiger partial charge in [-0.15, -0.1) is 0 Å². The standard InChI is InChI=1S/C13H16ClIN2O/c1-16(2)10-5-6-17(8-10)13(18)9-3-4-12(15)11(14)7-9/h3-4,7,10H,5-6,8H2,1-2H3. The third-order valence-electron chi connectivity index (χ3n) is 3.35. The Bertz CT molecular complexity index is 464. The van der Waals surface area contributed by atoms with Gasteiger partial charge in [-0.2, -0.15) is 0 Å². The average Bonchev–Trinajstić information content (AvgIpc) is 2.81. The zero-order chi connectivity index (χ0) is 13.3. The van der Waals surface area contributed by atoms with E-state index in [4.69, 9.17) is 11.6 Å². The Morgan fingerprint density at radius 2 is 2.22 bits per heavy atom. The lowest BCUT2D eigenvalue weighted by atomic mass is 10.2. The molecule has 1 aromatic carbocycles. The topological polar surface area (TPSA) is 23.6 Å². The van der Waals surface area contributed by atoms with Crippen LogP contribution in [0.2, 0.25) is 5.02 Å². The molecule has 2 rings (SSSR count). The van der Waals surface area contributed by atoms with E-state index < -0.39 is 0 Å². The van der Waals surface area contributed by atoms with Gasteiger partial charge in [0.1, 0.15) is 0 Å². The minimum Gasteiger partial charge on any atom is -0.337 e. The summed E-state index contributed by atoms with van der Waals surface area (Å²) < 4.78 is 0.971. The highest BCUT2D eigenvalue weighted by Crippen LogP contribution is 2.22. The summed E-state index contributed by atoms with van der Waals surface area (Å²) in [5.41, 5.74) is 0.680. The molecule has 1 amide bonds. The van der Waals surface area contributed by atoms with Gasteiger partial charge in [-0.25, -0.2) is 0 Å². The van der Waals surface area contributed by atoms with E-state index in [1.54, 1.807) is 6.07 Å². The van der Waals surface area contributed by atoms with Gasteiger partial charge in [-0.1, -0.05) is 11.6 Å². The van der Waals surface area contributed by atoms with Gasteiger partial charge < -0.3 is 9.80 Å². The van der Waals surface area contributed by atoms with E-state index in [0.29, 0.717) is 16.6 Å². The lowest BCUT2D eigenvalue weighted by Gasteiger charge is -2.20.